The van der Waals surface area contributed by atoms with Crippen LogP contribution in [0.2, 0.25) is 0 Å². The van der Waals surface area contributed by atoms with E-state index in [1.54, 1.807) is 0 Å². The summed E-state index contributed by atoms with van der Waals surface area (Å²) in [4.78, 5) is 2.87. The molecule has 2 heterocycles. The largest absolute Gasteiger partial charge is 1.00 e. The van der Waals surface area contributed by atoms with Gasteiger partial charge in [-0.1, -0.05) is 155 Å². The lowest BCUT2D eigenvalue weighted by Crippen LogP contribution is -3.00. The Kier molecular flexibility index (Phi) is 39.5. The van der Waals surface area contributed by atoms with Gasteiger partial charge in [0.1, 0.15) is 13.1 Å². The van der Waals surface area contributed by atoms with Crippen LogP contribution in [0, 0.1) is 0 Å². The summed E-state index contributed by atoms with van der Waals surface area (Å²) < 4.78 is 4.76. The van der Waals surface area contributed by atoms with Crippen LogP contribution in [0.3, 0.4) is 0 Å². The van der Waals surface area contributed by atoms with Gasteiger partial charge < -0.3 is 48.0 Å². The summed E-state index contributed by atoms with van der Waals surface area (Å²) in [6.07, 6.45) is 48.5. The average molecular weight is 953 g/mol. The van der Waals surface area contributed by atoms with Crippen LogP contribution in [-0.4, -0.2) is 11.5 Å². The van der Waals surface area contributed by atoms with Crippen molar-refractivity contribution in [3.05, 3.63) is 49.1 Å². The highest BCUT2D eigenvalue weighted by Gasteiger charge is 2.04. The molecule has 0 atom stereocenters. The Bertz CT molecular complexity index is 865. The van der Waals surface area contributed by atoms with Crippen molar-refractivity contribution in [1.29, 1.82) is 0 Å². The van der Waals surface area contributed by atoms with E-state index in [4.69, 9.17) is 0 Å². The number of hydrogen-bond donors (Lipinski definition) is 0. The summed E-state index contributed by atoms with van der Waals surface area (Å²) in [6, 6.07) is 9.31. The fraction of sp³-hybridized carbons (Fsp3) is 0.773. The standard InChI is InChI=1S/C44H78N2S2.2HI/c1-3-5-7-9-11-13-15-19-23-27-35-45-37-31-43(32-38-45)47-41-29-25-21-17-18-22-26-30-42-48-44-33-39-46(40-34-44)36-28-24-20-16-14-12-10-8-6-4-2;;/h31-34,37-40H,3-30,35-36,41-42H2,1-2H3;2*1H/q+2;;/p-2. The second-order valence-electron chi connectivity index (χ2n) is 14.4. The van der Waals surface area contributed by atoms with Gasteiger partial charge in [0.15, 0.2) is 24.8 Å². The molecule has 0 saturated carbocycles. The topological polar surface area (TPSA) is 7.76 Å². The van der Waals surface area contributed by atoms with Gasteiger partial charge in [0, 0.05) is 46.9 Å². The number of thioether (sulfide) groups is 2. The van der Waals surface area contributed by atoms with Crippen LogP contribution in [0.25, 0.3) is 0 Å². The smallest absolute Gasteiger partial charge is 0.169 e. The molecule has 0 radical (unpaired) electrons. The lowest BCUT2D eigenvalue weighted by molar-refractivity contribution is -0.697. The fourth-order valence-electron chi connectivity index (χ4n) is 6.59. The molecule has 2 aromatic heterocycles. The number of unbranched alkanes of at least 4 members (excludes halogenated alkanes) is 25. The molecule has 2 aromatic rings. The van der Waals surface area contributed by atoms with E-state index in [0.29, 0.717) is 0 Å². The Hall–Kier alpha value is 0.460. The Morgan fingerprint density at radius 1 is 0.340 bits per heavy atom. The van der Waals surface area contributed by atoms with Crippen LogP contribution in [0.1, 0.15) is 194 Å². The molecule has 0 N–H and O–H groups in total. The monoisotopic (exact) mass is 952 g/mol. The highest BCUT2D eigenvalue weighted by atomic mass is 127. The Balaban J connectivity index is 0.0000120. The summed E-state index contributed by atoms with van der Waals surface area (Å²) in [6.45, 7) is 6.95. The molecule has 2 rings (SSSR count). The minimum atomic E-state index is 0. The normalized spacial score (nSPS) is 11.0. The van der Waals surface area contributed by atoms with Gasteiger partial charge in [-0.3, -0.25) is 0 Å². The van der Waals surface area contributed by atoms with Crippen molar-refractivity contribution in [2.75, 3.05) is 11.5 Å². The first-order valence-electron chi connectivity index (χ1n) is 21.1. The highest BCUT2D eigenvalue weighted by molar-refractivity contribution is 7.99. The third-order valence-corrected chi connectivity index (χ3v) is 12.0. The maximum absolute atomic E-state index is 2.38. The third kappa shape index (κ3) is 30.9. The van der Waals surface area contributed by atoms with Crippen molar-refractivity contribution >= 4 is 23.5 Å². The molecule has 0 aliphatic heterocycles. The van der Waals surface area contributed by atoms with Gasteiger partial charge in [-0.05, 0) is 37.2 Å². The molecule has 0 saturated heterocycles. The summed E-state index contributed by atoms with van der Waals surface area (Å²) in [7, 11) is 0. The van der Waals surface area contributed by atoms with Gasteiger partial charge in [-0.2, -0.15) is 0 Å². The Labute approximate surface area is 354 Å². The zero-order valence-electron chi connectivity index (χ0n) is 32.7. The summed E-state index contributed by atoms with van der Waals surface area (Å²) in [5, 5.41) is 0. The van der Waals surface area contributed by atoms with Crippen molar-refractivity contribution in [1.82, 2.24) is 0 Å². The zero-order chi connectivity index (χ0) is 34.0. The van der Waals surface area contributed by atoms with Crippen molar-refractivity contribution < 1.29 is 57.1 Å². The predicted molar refractivity (Wildman–Crippen MR) is 215 cm³/mol. The molecule has 6 heteroatoms. The zero-order valence-corrected chi connectivity index (χ0v) is 38.7. The van der Waals surface area contributed by atoms with Crippen LogP contribution in [-0.2, 0) is 13.1 Å². The van der Waals surface area contributed by atoms with Gasteiger partial charge in [-0.25, -0.2) is 9.13 Å². The molecule has 0 fully saturated rings. The van der Waals surface area contributed by atoms with Gasteiger partial charge >= 0.3 is 0 Å². The van der Waals surface area contributed by atoms with E-state index in [1.165, 1.54) is 214 Å². The molecular formula is C44H78I2N2S2. The quantitative estimate of drug-likeness (QED) is 0.0299. The number of pyridine rings is 2. The maximum Gasteiger partial charge on any atom is 0.169 e. The van der Waals surface area contributed by atoms with Crippen molar-refractivity contribution in [3.8, 4) is 0 Å². The average Bonchev–Trinajstić information content (AvgIpc) is 3.11. The lowest BCUT2D eigenvalue weighted by Gasteiger charge is -2.04. The first kappa shape index (κ1) is 50.5. The van der Waals surface area contributed by atoms with E-state index in [2.05, 4.69) is 72.0 Å². The molecule has 50 heavy (non-hydrogen) atoms. The maximum atomic E-state index is 2.38. The van der Waals surface area contributed by atoms with Crippen molar-refractivity contribution in [3.63, 3.8) is 0 Å². The molecule has 0 unspecified atom stereocenters. The number of aryl methyl sites for hydroxylation is 2. The fourth-order valence-corrected chi connectivity index (χ4v) is 8.38. The molecule has 0 bridgehead atoms. The minimum absolute atomic E-state index is 0. The minimum Gasteiger partial charge on any atom is -1.00 e. The van der Waals surface area contributed by atoms with Crippen LogP contribution in [0.5, 0.6) is 0 Å². The van der Waals surface area contributed by atoms with E-state index in [1.807, 2.05) is 23.5 Å². The van der Waals surface area contributed by atoms with Crippen molar-refractivity contribution in [2.24, 2.45) is 0 Å². The second-order valence-corrected chi connectivity index (χ2v) is 16.8. The summed E-state index contributed by atoms with van der Waals surface area (Å²) in [5.74, 6) is 2.52. The van der Waals surface area contributed by atoms with Gasteiger partial charge in [0.05, 0.1) is 0 Å². The molecule has 0 aliphatic carbocycles. The number of hydrogen-bond acceptors (Lipinski definition) is 2. The SMILES string of the molecule is CCCCCCCCCCCC[n+]1ccc(SCCCCCCCCCCSc2cc[n+](CCCCCCCCCCCC)cc2)cc1.[I-].[I-]. The predicted octanol–water partition coefficient (Wildman–Crippen LogP) is 8.12. The lowest BCUT2D eigenvalue weighted by atomic mass is 10.1. The molecular weight excluding hydrogens is 874 g/mol. The van der Waals surface area contributed by atoms with E-state index in [0.717, 1.165) is 0 Å². The molecule has 2 nitrogen and oxygen atoms in total. The third-order valence-electron chi connectivity index (χ3n) is 9.84. The van der Waals surface area contributed by atoms with Gasteiger partial charge in [0.2, 0.25) is 0 Å². The van der Waals surface area contributed by atoms with Crippen LogP contribution < -0.4 is 57.1 Å². The number of halogens is 2. The van der Waals surface area contributed by atoms with Crippen LogP contribution in [0.15, 0.2) is 58.8 Å². The molecule has 0 aliphatic rings. The molecule has 290 valence electrons. The summed E-state index contributed by atoms with van der Waals surface area (Å²) >= 11 is 4.08. The van der Waals surface area contributed by atoms with Crippen LogP contribution >= 0.6 is 23.5 Å². The second kappa shape index (κ2) is 39.2. The highest BCUT2D eigenvalue weighted by Crippen LogP contribution is 2.21. The molecule has 0 amide bonds. The first-order valence-corrected chi connectivity index (χ1v) is 23.0. The number of aromatic nitrogens is 2. The van der Waals surface area contributed by atoms with Crippen LogP contribution in [0.4, 0.5) is 0 Å². The van der Waals surface area contributed by atoms with Gasteiger partial charge in [0.25, 0.3) is 0 Å². The molecule has 0 aromatic carbocycles. The van der Waals surface area contributed by atoms with Gasteiger partial charge in [-0.15, -0.1) is 23.5 Å². The number of rotatable bonds is 35. The number of nitrogens with zero attached hydrogens (tertiary/aromatic N) is 2. The first-order chi connectivity index (χ1) is 23.8. The van der Waals surface area contributed by atoms with E-state index in [9.17, 15) is 0 Å². The van der Waals surface area contributed by atoms with E-state index in [-0.39, 0.29) is 48.0 Å². The van der Waals surface area contributed by atoms with Crippen molar-refractivity contribution in [2.45, 2.75) is 217 Å². The Morgan fingerprint density at radius 2 is 0.580 bits per heavy atom. The van der Waals surface area contributed by atoms with E-state index >= 15 is 0 Å². The molecule has 0 spiro atoms. The Morgan fingerprint density at radius 3 is 0.860 bits per heavy atom. The summed E-state index contributed by atoms with van der Waals surface area (Å²) in [5.41, 5.74) is 0. The van der Waals surface area contributed by atoms with E-state index < -0.39 is 0 Å².